The second-order valence-corrected chi connectivity index (χ2v) is 5.71. The van der Waals surface area contributed by atoms with Crippen molar-refractivity contribution in [3.05, 3.63) is 66.5 Å². The molecule has 2 aromatic carbocycles. The van der Waals surface area contributed by atoms with Crippen LogP contribution in [0.1, 0.15) is 5.56 Å². The number of hydrogen-bond acceptors (Lipinski definition) is 4. The Morgan fingerprint density at radius 1 is 1.12 bits per heavy atom. The van der Waals surface area contributed by atoms with E-state index in [0.717, 1.165) is 22.7 Å². The fourth-order valence-corrected chi connectivity index (χ4v) is 2.75. The maximum atomic E-state index is 12.3. The lowest BCUT2D eigenvalue weighted by Crippen LogP contribution is -2.27. The van der Waals surface area contributed by atoms with E-state index < -0.39 is 0 Å². The Hall–Kier alpha value is -3.28. The number of hydrogen-bond donors (Lipinski definition) is 1. The van der Waals surface area contributed by atoms with Crippen molar-refractivity contribution in [3.63, 3.8) is 0 Å². The predicted molar refractivity (Wildman–Crippen MR) is 92.1 cm³/mol. The summed E-state index contributed by atoms with van der Waals surface area (Å²) in [6, 6.07) is 15.5. The van der Waals surface area contributed by atoms with Gasteiger partial charge in [-0.2, -0.15) is 0 Å². The van der Waals surface area contributed by atoms with Gasteiger partial charge in [0.1, 0.15) is 12.4 Å². The highest BCUT2D eigenvalue weighted by atomic mass is 16.7. The van der Waals surface area contributed by atoms with Crippen LogP contribution in [0.3, 0.4) is 0 Å². The standard InChI is InChI=1S/C19H17N3O3/c23-18(21-11-14-6-7-16-17(10-14)25-13-24-16)12-22-9-8-20-19(22)15-4-2-1-3-5-15/h1-10H,11-13H2,(H,21,23). The molecule has 0 saturated carbocycles. The van der Waals surface area contributed by atoms with Gasteiger partial charge in [-0.1, -0.05) is 36.4 Å². The molecule has 6 heteroatoms. The molecule has 4 rings (SSSR count). The first kappa shape index (κ1) is 15.3. The van der Waals surface area contributed by atoms with Crippen LogP contribution in [-0.2, 0) is 17.9 Å². The van der Waals surface area contributed by atoms with Crippen LogP contribution in [0.2, 0.25) is 0 Å². The maximum Gasteiger partial charge on any atom is 0.240 e. The van der Waals surface area contributed by atoms with E-state index >= 15 is 0 Å². The van der Waals surface area contributed by atoms with Crippen LogP contribution in [0.4, 0.5) is 0 Å². The number of nitrogens with one attached hydrogen (secondary N) is 1. The van der Waals surface area contributed by atoms with Crippen LogP contribution in [0, 0.1) is 0 Å². The smallest absolute Gasteiger partial charge is 0.240 e. The number of fused-ring (bicyclic) bond motifs is 1. The molecule has 0 bridgehead atoms. The molecule has 0 fully saturated rings. The highest BCUT2D eigenvalue weighted by Crippen LogP contribution is 2.32. The van der Waals surface area contributed by atoms with E-state index in [9.17, 15) is 4.79 Å². The molecule has 1 amide bonds. The summed E-state index contributed by atoms with van der Waals surface area (Å²) >= 11 is 0. The van der Waals surface area contributed by atoms with Crippen molar-refractivity contribution in [2.45, 2.75) is 13.1 Å². The lowest BCUT2D eigenvalue weighted by Gasteiger charge is -2.09. The molecule has 25 heavy (non-hydrogen) atoms. The van der Waals surface area contributed by atoms with Crippen molar-refractivity contribution in [1.29, 1.82) is 0 Å². The van der Waals surface area contributed by atoms with Crippen molar-refractivity contribution in [2.75, 3.05) is 6.79 Å². The summed E-state index contributed by atoms with van der Waals surface area (Å²) in [5.74, 6) is 2.15. The van der Waals surface area contributed by atoms with Gasteiger partial charge in [-0.15, -0.1) is 0 Å². The molecule has 126 valence electrons. The van der Waals surface area contributed by atoms with Crippen molar-refractivity contribution >= 4 is 5.91 Å². The third kappa shape index (κ3) is 3.33. The van der Waals surface area contributed by atoms with E-state index in [-0.39, 0.29) is 19.2 Å². The Morgan fingerprint density at radius 2 is 1.96 bits per heavy atom. The minimum absolute atomic E-state index is 0.0761. The third-order valence-electron chi connectivity index (χ3n) is 3.99. The zero-order valence-electron chi connectivity index (χ0n) is 13.5. The number of aromatic nitrogens is 2. The number of nitrogens with zero attached hydrogens (tertiary/aromatic N) is 2. The zero-order valence-corrected chi connectivity index (χ0v) is 13.5. The number of imidazole rings is 1. The van der Waals surface area contributed by atoms with Gasteiger partial charge < -0.3 is 19.4 Å². The number of carbonyl (C=O) groups is 1. The Kier molecular flexibility index (Phi) is 4.08. The maximum absolute atomic E-state index is 12.3. The lowest BCUT2D eigenvalue weighted by molar-refractivity contribution is -0.121. The first-order valence-electron chi connectivity index (χ1n) is 8.01. The van der Waals surface area contributed by atoms with Gasteiger partial charge in [0.25, 0.3) is 0 Å². The van der Waals surface area contributed by atoms with E-state index in [1.54, 1.807) is 6.20 Å². The Labute approximate surface area is 145 Å². The van der Waals surface area contributed by atoms with E-state index in [1.165, 1.54) is 0 Å². The summed E-state index contributed by atoms with van der Waals surface area (Å²) in [6.07, 6.45) is 3.51. The normalized spacial score (nSPS) is 12.2. The number of carbonyl (C=O) groups excluding carboxylic acids is 1. The van der Waals surface area contributed by atoms with E-state index in [1.807, 2.05) is 59.3 Å². The van der Waals surface area contributed by atoms with E-state index in [0.29, 0.717) is 12.3 Å². The van der Waals surface area contributed by atoms with Crippen LogP contribution in [-0.4, -0.2) is 22.3 Å². The fraction of sp³-hybridized carbons (Fsp3) is 0.158. The lowest BCUT2D eigenvalue weighted by atomic mass is 10.2. The number of rotatable bonds is 5. The first-order valence-corrected chi connectivity index (χ1v) is 8.01. The van der Waals surface area contributed by atoms with Gasteiger partial charge in [0.2, 0.25) is 12.7 Å². The molecule has 0 aliphatic carbocycles. The second-order valence-electron chi connectivity index (χ2n) is 5.71. The quantitative estimate of drug-likeness (QED) is 0.778. The molecule has 6 nitrogen and oxygen atoms in total. The van der Waals surface area contributed by atoms with Crippen molar-refractivity contribution in [1.82, 2.24) is 14.9 Å². The van der Waals surface area contributed by atoms with Gasteiger partial charge in [0.05, 0.1) is 0 Å². The summed E-state index contributed by atoms with van der Waals surface area (Å²) in [7, 11) is 0. The van der Waals surface area contributed by atoms with Crippen molar-refractivity contribution in [3.8, 4) is 22.9 Å². The molecule has 0 spiro atoms. The van der Waals surface area contributed by atoms with Crippen LogP contribution >= 0.6 is 0 Å². The number of amides is 1. The molecule has 1 N–H and O–H groups in total. The monoisotopic (exact) mass is 335 g/mol. The molecule has 0 radical (unpaired) electrons. The summed E-state index contributed by atoms with van der Waals surface area (Å²) in [6.45, 7) is 0.896. The van der Waals surface area contributed by atoms with Crippen molar-refractivity contribution in [2.24, 2.45) is 0 Å². The Bertz CT molecular complexity index is 890. The largest absolute Gasteiger partial charge is 0.454 e. The average Bonchev–Trinajstić information content (AvgIpc) is 3.29. The van der Waals surface area contributed by atoms with Gasteiger partial charge in [0, 0.05) is 24.5 Å². The summed E-state index contributed by atoms with van der Waals surface area (Å²) in [5.41, 5.74) is 1.95. The summed E-state index contributed by atoms with van der Waals surface area (Å²) in [5, 5.41) is 2.92. The molecule has 0 atom stereocenters. The van der Waals surface area contributed by atoms with Gasteiger partial charge in [-0.05, 0) is 17.7 Å². The number of ether oxygens (including phenoxy) is 2. The highest BCUT2D eigenvalue weighted by Gasteiger charge is 2.14. The van der Waals surface area contributed by atoms with Crippen LogP contribution in [0.5, 0.6) is 11.5 Å². The molecule has 3 aromatic rings. The minimum atomic E-state index is -0.0761. The minimum Gasteiger partial charge on any atom is -0.454 e. The molecule has 1 aliphatic rings. The Balaban J connectivity index is 1.39. The van der Waals surface area contributed by atoms with Crippen LogP contribution < -0.4 is 14.8 Å². The SMILES string of the molecule is O=C(Cn1ccnc1-c1ccccc1)NCc1ccc2c(c1)OCO2. The molecule has 0 unspecified atom stereocenters. The molecular weight excluding hydrogens is 318 g/mol. The topological polar surface area (TPSA) is 65.4 Å². The predicted octanol–water partition coefficient (Wildman–Crippen LogP) is 2.60. The molecule has 1 aromatic heterocycles. The summed E-state index contributed by atoms with van der Waals surface area (Å²) in [4.78, 5) is 16.6. The van der Waals surface area contributed by atoms with Gasteiger partial charge in [-0.25, -0.2) is 4.98 Å². The van der Waals surface area contributed by atoms with Gasteiger partial charge in [0.15, 0.2) is 11.5 Å². The summed E-state index contributed by atoms with van der Waals surface area (Å²) < 4.78 is 12.5. The van der Waals surface area contributed by atoms with Gasteiger partial charge >= 0.3 is 0 Å². The first-order chi connectivity index (χ1) is 12.3. The van der Waals surface area contributed by atoms with E-state index in [2.05, 4.69) is 10.3 Å². The Morgan fingerprint density at radius 3 is 2.84 bits per heavy atom. The second kappa shape index (κ2) is 6.68. The average molecular weight is 335 g/mol. The fourth-order valence-electron chi connectivity index (χ4n) is 2.75. The van der Waals surface area contributed by atoms with E-state index in [4.69, 9.17) is 9.47 Å². The molecule has 1 aliphatic heterocycles. The van der Waals surface area contributed by atoms with Crippen LogP contribution in [0.25, 0.3) is 11.4 Å². The zero-order chi connectivity index (χ0) is 17.1. The molecular formula is C19H17N3O3. The van der Waals surface area contributed by atoms with Crippen LogP contribution in [0.15, 0.2) is 60.9 Å². The van der Waals surface area contributed by atoms with Gasteiger partial charge in [-0.3, -0.25) is 4.79 Å². The third-order valence-corrected chi connectivity index (χ3v) is 3.99. The molecule has 2 heterocycles. The number of benzene rings is 2. The molecule has 0 saturated heterocycles. The highest BCUT2D eigenvalue weighted by molar-refractivity contribution is 5.76. The van der Waals surface area contributed by atoms with Crippen molar-refractivity contribution < 1.29 is 14.3 Å².